The minimum atomic E-state index is -0.631. The minimum Gasteiger partial charge on any atom is -0.484 e. The molecule has 6 heteroatoms. The van der Waals surface area contributed by atoms with Gasteiger partial charge in [-0.25, -0.2) is 4.39 Å². The van der Waals surface area contributed by atoms with E-state index in [0.717, 1.165) is 13.1 Å². The van der Waals surface area contributed by atoms with Crippen molar-refractivity contribution < 1.29 is 14.2 Å². The summed E-state index contributed by atoms with van der Waals surface area (Å²) in [5.41, 5.74) is 0.646. The second-order valence-corrected chi connectivity index (χ2v) is 7.57. The second-order valence-electron chi connectivity index (χ2n) is 4.31. The number of hydrogen-bond acceptors (Lipinski definition) is 3. The van der Waals surface area contributed by atoms with Gasteiger partial charge < -0.3 is 9.84 Å². The molecule has 2 aromatic rings. The molecule has 1 aliphatic heterocycles. The van der Waals surface area contributed by atoms with Crippen LogP contribution in [0.5, 0.6) is 5.75 Å². The Balaban J connectivity index is 1.96. The highest BCUT2D eigenvalue weighted by atomic mass is 79.9. The Kier molecular flexibility index (Phi) is 3.68. The lowest BCUT2D eigenvalue weighted by Crippen LogP contribution is -2.18. The molecule has 0 amide bonds. The average molecular weight is 408 g/mol. The highest BCUT2D eigenvalue weighted by Crippen LogP contribution is 2.45. The summed E-state index contributed by atoms with van der Waals surface area (Å²) in [5, 5.41) is 10.1. The topological polar surface area (TPSA) is 29.5 Å². The largest absolute Gasteiger partial charge is 0.484 e. The number of aliphatic hydroxyl groups is 1. The molecule has 1 N–H and O–H groups in total. The lowest BCUT2D eigenvalue weighted by Gasteiger charge is -2.29. The van der Waals surface area contributed by atoms with Gasteiger partial charge in [0.1, 0.15) is 17.7 Å². The molecule has 0 spiro atoms. The molecule has 100 valence electrons. The van der Waals surface area contributed by atoms with Gasteiger partial charge in [0.05, 0.1) is 9.89 Å². The minimum absolute atomic E-state index is 0.253. The molecular formula is C13H9Br2FO2S. The molecule has 1 unspecified atom stereocenters. The van der Waals surface area contributed by atoms with Gasteiger partial charge in [-0.2, -0.15) is 0 Å². The van der Waals surface area contributed by atoms with Crippen LogP contribution < -0.4 is 4.74 Å². The first-order valence-electron chi connectivity index (χ1n) is 5.63. The first kappa shape index (κ1) is 13.5. The summed E-state index contributed by atoms with van der Waals surface area (Å²) in [7, 11) is 0. The maximum atomic E-state index is 13.2. The summed E-state index contributed by atoms with van der Waals surface area (Å²) < 4.78 is 21.0. The van der Waals surface area contributed by atoms with Gasteiger partial charge in [0.2, 0.25) is 0 Å². The zero-order valence-electron chi connectivity index (χ0n) is 9.57. The van der Waals surface area contributed by atoms with Gasteiger partial charge in [0.15, 0.2) is 0 Å². The third-order valence-electron chi connectivity index (χ3n) is 3.02. The van der Waals surface area contributed by atoms with Gasteiger partial charge in [-0.15, -0.1) is 11.3 Å². The van der Waals surface area contributed by atoms with Crippen molar-refractivity contribution in [3.05, 3.63) is 48.8 Å². The highest BCUT2D eigenvalue weighted by Gasteiger charge is 2.29. The lowest BCUT2D eigenvalue weighted by molar-refractivity contribution is 0.0670. The van der Waals surface area contributed by atoms with E-state index in [1.54, 1.807) is 17.4 Å². The zero-order chi connectivity index (χ0) is 13.6. The van der Waals surface area contributed by atoms with Gasteiger partial charge in [-0.05, 0) is 50.1 Å². The molecule has 2 atom stereocenters. The fourth-order valence-corrected chi connectivity index (χ4v) is 4.24. The Bertz CT molecular complexity index is 610. The van der Waals surface area contributed by atoms with E-state index in [1.165, 1.54) is 12.1 Å². The van der Waals surface area contributed by atoms with E-state index in [2.05, 4.69) is 31.9 Å². The SMILES string of the molecule is O[C@@H]1CC(c2cc(Br)c(Br)s2)Oc2cc(F)ccc21. The maximum Gasteiger partial charge on any atom is 0.136 e. The van der Waals surface area contributed by atoms with Gasteiger partial charge in [-0.1, -0.05) is 0 Å². The fourth-order valence-electron chi connectivity index (χ4n) is 2.11. The van der Waals surface area contributed by atoms with Crippen molar-refractivity contribution >= 4 is 43.2 Å². The number of hydrogen-bond donors (Lipinski definition) is 1. The molecule has 1 aromatic heterocycles. The van der Waals surface area contributed by atoms with Crippen LogP contribution in [-0.4, -0.2) is 5.11 Å². The highest BCUT2D eigenvalue weighted by molar-refractivity contribution is 9.13. The number of benzene rings is 1. The van der Waals surface area contributed by atoms with Crippen LogP contribution in [0.25, 0.3) is 0 Å². The van der Waals surface area contributed by atoms with Crippen LogP contribution in [0.15, 0.2) is 32.5 Å². The van der Waals surface area contributed by atoms with Crippen molar-refractivity contribution in [2.75, 3.05) is 0 Å². The van der Waals surface area contributed by atoms with Crippen LogP contribution in [0.2, 0.25) is 0 Å². The van der Waals surface area contributed by atoms with Crippen LogP contribution in [-0.2, 0) is 0 Å². The molecule has 0 saturated heterocycles. The summed E-state index contributed by atoms with van der Waals surface area (Å²) in [6.07, 6.45) is -0.413. The molecule has 2 heterocycles. The number of fused-ring (bicyclic) bond motifs is 1. The molecule has 0 radical (unpaired) electrons. The van der Waals surface area contributed by atoms with E-state index < -0.39 is 6.10 Å². The third-order valence-corrected chi connectivity index (χ3v) is 6.37. The van der Waals surface area contributed by atoms with Crippen LogP contribution in [0, 0.1) is 5.82 Å². The molecule has 0 bridgehead atoms. The quantitative estimate of drug-likeness (QED) is 0.723. The van der Waals surface area contributed by atoms with E-state index in [-0.39, 0.29) is 11.9 Å². The summed E-state index contributed by atoms with van der Waals surface area (Å²) in [4.78, 5) is 0.993. The molecule has 1 aliphatic rings. The Hall–Kier alpha value is -0.430. The predicted octanol–water partition coefficient (Wildman–Crippen LogP) is 4.97. The monoisotopic (exact) mass is 406 g/mol. The summed E-state index contributed by atoms with van der Waals surface area (Å²) >= 11 is 8.40. The Labute approximate surface area is 130 Å². The first-order valence-corrected chi connectivity index (χ1v) is 8.03. The standard InChI is InChI=1S/C13H9Br2FO2S/c14-8-4-12(19-13(8)15)11-5-9(17)7-2-1-6(16)3-10(7)18-11/h1-4,9,11,17H,5H2/t9-,11?/m1/s1. The summed E-state index contributed by atoms with van der Waals surface area (Å²) in [5.74, 6) is 0.0598. The van der Waals surface area contributed by atoms with Gasteiger partial charge in [0.25, 0.3) is 0 Å². The number of halogens is 3. The summed E-state index contributed by atoms with van der Waals surface area (Å²) in [6, 6.07) is 6.19. The molecule has 2 nitrogen and oxygen atoms in total. The Morgan fingerprint density at radius 2 is 2.11 bits per heavy atom. The predicted molar refractivity (Wildman–Crippen MR) is 79.1 cm³/mol. The van der Waals surface area contributed by atoms with Crippen molar-refractivity contribution in [3.8, 4) is 5.75 Å². The van der Waals surface area contributed by atoms with Crippen LogP contribution in [0.3, 0.4) is 0 Å². The second kappa shape index (κ2) is 5.16. The van der Waals surface area contributed by atoms with Gasteiger partial charge in [-0.3, -0.25) is 0 Å². The van der Waals surface area contributed by atoms with Crippen molar-refractivity contribution in [3.63, 3.8) is 0 Å². The number of ether oxygens (including phenoxy) is 1. The van der Waals surface area contributed by atoms with Gasteiger partial charge in [0, 0.05) is 27.4 Å². The molecule has 0 fully saturated rings. The van der Waals surface area contributed by atoms with Crippen molar-refractivity contribution in [2.24, 2.45) is 0 Å². The van der Waals surface area contributed by atoms with Crippen molar-refractivity contribution in [1.82, 2.24) is 0 Å². The molecule has 0 saturated carbocycles. The van der Waals surface area contributed by atoms with E-state index in [0.29, 0.717) is 17.7 Å². The van der Waals surface area contributed by atoms with E-state index in [4.69, 9.17) is 4.74 Å². The molecule has 19 heavy (non-hydrogen) atoms. The van der Waals surface area contributed by atoms with Crippen molar-refractivity contribution in [1.29, 1.82) is 0 Å². The lowest BCUT2D eigenvalue weighted by atomic mass is 9.98. The van der Waals surface area contributed by atoms with Crippen molar-refractivity contribution in [2.45, 2.75) is 18.6 Å². The van der Waals surface area contributed by atoms with Crippen LogP contribution in [0.1, 0.15) is 29.1 Å². The zero-order valence-corrected chi connectivity index (χ0v) is 13.6. The number of aliphatic hydroxyl groups excluding tert-OH is 1. The number of thiophene rings is 1. The first-order chi connectivity index (χ1) is 9.04. The van der Waals surface area contributed by atoms with E-state index in [9.17, 15) is 9.50 Å². The summed E-state index contributed by atoms with van der Waals surface area (Å²) in [6.45, 7) is 0. The third kappa shape index (κ3) is 2.59. The van der Waals surface area contributed by atoms with Gasteiger partial charge >= 0.3 is 0 Å². The molecule has 3 rings (SSSR count). The Morgan fingerprint density at radius 3 is 2.79 bits per heavy atom. The number of rotatable bonds is 1. The fraction of sp³-hybridized carbons (Fsp3) is 0.231. The Morgan fingerprint density at radius 1 is 1.32 bits per heavy atom. The van der Waals surface area contributed by atoms with E-state index in [1.807, 2.05) is 6.07 Å². The smallest absolute Gasteiger partial charge is 0.136 e. The average Bonchev–Trinajstić information content (AvgIpc) is 2.69. The maximum absolute atomic E-state index is 13.2. The molecular weight excluding hydrogens is 399 g/mol. The van der Waals surface area contributed by atoms with Crippen LogP contribution in [0.4, 0.5) is 4.39 Å². The van der Waals surface area contributed by atoms with E-state index >= 15 is 0 Å². The van der Waals surface area contributed by atoms with Crippen LogP contribution >= 0.6 is 43.2 Å². The molecule has 0 aliphatic carbocycles. The normalized spacial score (nSPS) is 21.9. The molecule has 1 aromatic carbocycles.